The fourth-order valence-electron chi connectivity index (χ4n) is 2.07. The summed E-state index contributed by atoms with van der Waals surface area (Å²) in [4.78, 5) is 23.0. The van der Waals surface area contributed by atoms with Gasteiger partial charge in [-0.1, -0.05) is 5.92 Å². The van der Waals surface area contributed by atoms with E-state index in [4.69, 9.17) is 11.2 Å². The predicted molar refractivity (Wildman–Crippen MR) is 78.8 cm³/mol. The SMILES string of the molecule is C#CCNC(=O)C[C@@H]1O[C@H](CNC(=O)NC(C)C)[C@@H](O)[C@H]1O. The lowest BCUT2D eigenvalue weighted by atomic mass is 10.1. The molecule has 0 saturated carbocycles. The van der Waals surface area contributed by atoms with Gasteiger partial charge < -0.3 is 30.9 Å². The zero-order valence-corrected chi connectivity index (χ0v) is 12.7. The highest BCUT2D eigenvalue weighted by Crippen LogP contribution is 2.23. The highest BCUT2D eigenvalue weighted by atomic mass is 16.5. The molecule has 0 aromatic heterocycles. The van der Waals surface area contributed by atoms with Crippen LogP contribution >= 0.6 is 0 Å². The number of rotatable bonds is 6. The molecule has 1 aliphatic rings. The summed E-state index contributed by atoms with van der Waals surface area (Å²) in [5.41, 5.74) is 0. The Labute approximate surface area is 129 Å². The Morgan fingerprint density at radius 2 is 1.86 bits per heavy atom. The molecule has 1 saturated heterocycles. The van der Waals surface area contributed by atoms with Crippen LogP contribution in [0.25, 0.3) is 0 Å². The topological polar surface area (TPSA) is 120 Å². The highest BCUT2D eigenvalue weighted by Gasteiger charge is 2.43. The van der Waals surface area contributed by atoms with E-state index in [0.29, 0.717) is 0 Å². The number of carbonyl (C=O) groups excluding carboxylic acids is 2. The Morgan fingerprint density at radius 1 is 1.23 bits per heavy atom. The lowest BCUT2D eigenvalue weighted by Crippen LogP contribution is -2.45. The van der Waals surface area contributed by atoms with Gasteiger partial charge in [-0.2, -0.15) is 0 Å². The number of hydrogen-bond donors (Lipinski definition) is 5. The molecular weight excluding hydrogens is 290 g/mol. The van der Waals surface area contributed by atoms with Crippen LogP contribution in [0.2, 0.25) is 0 Å². The molecule has 0 aliphatic carbocycles. The molecule has 3 amide bonds. The van der Waals surface area contributed by atoms with Gasteiger partial charge in [0.15, 0.2) is 0 Å². The molecule has 124 valence electrons. The molecule has 22 heavy (non-hydrogen) atoms. The highest BCUT2D eigenvalue weighted by molar-refractivity contribution is 5.76. The third-order valence-corrected chi connectivity index (χ3v) is 3.12. The summed E-state index contributed by atoms with van der Waals surface area (Å²) < 4.78 is 5.44. The van der Waals surface area contributed by atoms with Crippen molar-refractivity contribution in [2.45, 2.75) is 50.7 Å². The quantitative estimate of drug-likeness (QED) is 0.375. The van der Waals surface area contributed by atoms with Gasteiger partial charge in [-0.25, -0.2) is 4.79 Å². The predicted octanol–water partition coefficient (Wildman–Crippen LogP) is -1.68. The number of aliphatic hydroxyl groups excluding tert-OH is 2. The molecule has 0 aromatic carbocycles. The standard InChI is InChI=1S/C14H23N3O5/c1-4-5-15-11(18)6-9-12(19)13(20)10(22-9)7-16-14(21)17-8(2)3/h1,8-10,12-13,19-20H,5-7H2,2-3H3,(H,15,18)(H2,16,17,21)/t9-,10+,12-,13+/m0/s1. The second kappa shape index (κ2) is 8.58. The van der Waals surface area contributed by atoms with E-state index in [1.807, 2.05) is 13.8 Å². The maximum absolute atomic E-state index is 11.5. The molecule has 1 heterocycles. The molecule has 0 aromatic rings. The van der Waals surface area contributed by atoms with Crippen LogP contribution in [-0.4, -0.2) is 65.7 Å². The van der Waals surface area contributed by atoms with Crippen LogP contribution < -0.4 is 16.0 Å². The lowest BCUT2D eigenvalue weighted by Gasteiger charge is -2.16. The maximum Gasteiger partial charge on any atom is 0.315 e. The van der Waals surface area contributed by atoms with Crippen molar-refractivity contribution < 1.29 is 24.5 Å². The van der Waals surface area contributed by atoms with Crippen LogP contribution in [0, 0.1) is 12.3 Å². The lowest BCUT2D eigenvalue weighted by molar-refractivity contribution is -0.124. The molecule has 1 aliphatic heterocycles. The average molecular weight is 313 g/mol. The van der Waals surface area contributed by atoms with Crippen LogP contribution in [0.5, 0.6) is 0 Å². The minimum atomic E-state index is -1.20. The Morgan fingerprint density at radius 3 is 2.45 bits per heavy atom. The number of aliphatic hydroxyl groups is 2. The number of carbonyl (C=O) groups is 2. The summed E-state index contributed by atoms with van der Waals surface area (Å²) in [6, 6.07) is -0.414. The summed E-state index contributed by atoms with van der Waals surface area (Å²) in [7, 11) is 0. The first-order valence-corrected chi connectivity index (χ1v) is 7.11. The third kappa shape index (κ3) is 5.52. The molecule has 1 fully saturated rings. The van der Waals surface area contributed by atoms with Crippen molar-refractivity contribution in [3.8, 4) is 12.3 Å². The van der Waals surface area contributed by atoms with E-state index in [1.165, 1.54) is 0 Å². The van der Waals surface area contributed by atoms with Gasteiger partial charge in [-0.05, 0) is 13.8 Å². The Bertz CT molecular complexity index is 435. The van der Waals surface area contributed by atoms with Crippen molar-refractivity contribution >= 4 is 11.9 Å². The second-order valence-electron chi connectivity index (χ2n) is 5.39. The van der Waals surface area contributed by atoms with E-state index in [-0.39, 0.29) is 31.5 Å². The van der Waals surface area contributed by atoms with Gasteiger partial charge in [0.2, 0.25) is 5.91 Å². The molecule has 1 rings (SSSR count). The van der Waals surface area contributed by atoms with E-state index in [2.05, 4.69) is 21.9 Å². The molecule has 0 radical (unpaired) electrons. The van der Waals surface area contributed by atoms with Crippen molar-refractivity contribution in [1.29, 1.82) is 0 Å². The van der Waals surface area contributed by atoms with E-state index in [0.717, 1.165) is 0 Å². The number of terminal acetylenes is 1. The summed E-state index contributed by atoms with van der Waals surface area (Å²) in [6.07, 6.45) is 0.918. The Hall–Kier alpha value is -1.82. The first-order chi connectivity index (χ1) is 10.3. The van der Waals surface area contributed by atoms with Gasteiger partial charge in [0.05, 0.1) is 19.1 Å². The number of nitrogens with one attached hydrogen (secondary N) is 3. The zero-order chi connectivity index (χ0) is 16.7. The monoisotopic (exact) mass is 313 g/mol. The van der Waals surface area contributed by atoms with Gasteiger partial charge in [0.25, 0.3) is 0 Å². The minimum Gasteiger partial charge on any atom is -0.388 e. The molecule has 0 spiro atoms. The van der Waals surface area contributed by atoms with Gasteiger partial charge in [0.1, 0.15) is 18.3 Å². The molecule has 4 atom stereocenters. The Kier molecular flexibility index (Phi) is 7.11. The largest absolute Gasteiger partial charge is 0.388 e. The minimum absolute atomic E-state index is 0.0207. The molecule has 0 bridgehead atoms. The van der Waals surface area contributed by atoms with Crippen molar-refractivity contribution in [2.24, 2.45) is 0 Å². The number of ether oxygens (including phenoxy) is 1. The van der Waals surface area contributed by atoms with Gasteiger partial charge in [-0.15, -0.1) is 6.42 Å². The summed E-state index contributed by atoms with van der Waals surface area (Å²) in [6.45, 7) is 3.74. The second-order valence-corrected chi connectivity index (χ2v) is 5.39. The molecule has 0 unspecified atom stereocenters. The summed E-state index contributed by atoms with van der Waals surface area (Å²) in [5.74, 6) is 1.89. The van der Waals surface area contributed by atoms with Crippen molar-refractivity contribution in [2.75, 3.05) is 13.1 Å². The smallest absolute Gasteiger partial charge is 0.315 e. The first-order valence-electron chi connectivity index (χ1n) is 7.11. The maximum atomic E-state index is 11.5. The van der Waals surface area contributed by atoms with Gasteiger partial charge in [0, 0.05) is 12.6 Å². The van der Waals surface area contributed by atoms with Crippen LogP contribution in [0.3, 0.4) is 0 Å². The van der Waals surface area contributed by atoms with Crippen molar-refractivity contribution in [3.05, 3.63) is 0 Å². The fourth-order valence-corrected chi connectivity index (χ4v) is 2.07. The van der Waals surface area contributed by atoms with Crippen LogP contribution in [0.4, 0.5) is 4.79 Å². The van der Waals surface area contributed by atoms with Crippen LogP contribution in [0.15, 0.2) is 0 Å². The normalized spacial score (nSPS) is 27.3. The first kappa shape index (κ1) is 18.2. The molecule has 5 N–H and O–H groups in total. The summed E-state index contributed by atoms with van der Waals surface area (Å²) >= 11 is 0. The third-order valence-electron chi connectivity index (χ3n) is 3.12. The molecular formula is C14H23N3O5. The number of amides is 3. The molecule has 8 nitrogen and oxygen atoms in total. The molecule has 8 heteroatoms. The number of urea groups is 1. The fraction of sp³-hybridized carbons (Fsp3) is 0.714. The van der Waals surface area contributed by atoms with E-state index < -0.39 is 30.4 Å². The van der Waals surface area contributed by atoms with Crippen molar-refractivity contribution in [3.63, 3.8) is 0 Å². The number of hydrogen-bond acceptors (Lipinski definition) is 5. The van der Waals surface area contributed by atoms with E-state index >= 15 is 0 Å². The van der Waals surface area contributed by atoms with Gasteiger partial charge >= 0.3 is 6.03 Å². The van der Waals surface area contributed by atoms with Crippen LogP contribution in [0.1, 0.15) is 20.3 Å². The summed E-state index contributed by atoms with van der Waals surface area (Å²) in [5, 5.41) is 27.4. The van der Waals surface area contributed by atoms with Gasteiger partial charge in [-0.3, -0.25) is 4.79 Å². The van der Waals surface area contributed by atoms with Crippen LogP contribution in [-0.2, 0) is 9.53 Å². The van der Waals surface area contributed by atoms with E-state index in [9.17, 15) is 19.8 Å². The zero-order valence-electron chi connectivity index (χ0n) is 12.7. The average Bonchev–Trinajstić information content (AvgIpc) is 2.70. The van der Waals surface area contributed by atoms with Crippen molar-refractivity contribution in [1.82, 2.24) is 16.0 Å². The Balaban J connectivity index is 2.43. The van der Waals surface area contributed by atoms with E-state index in [1.54, 1.807) is 0 Å².